The van der Waals surface area contributed by atoms with Crippen LogP contribution in [0.5, 0.6) is 5.75 Å². The molecule has 0 fully saturated rings. The summed E-state index contributed by atoms with van der Waals surface area (Å²) in [6.45, 7) is 5.97. The van der Waals surface area contributed by atoms with Crippen molar-refractivity contribution in [2.24, 2.45) is 0 Å². The zero-order valence-electron chi connectivity index (χ0n) is 14.2. The SMILES string of the molecule is C=CCOc1ccc(-c2ccc(/C=C/CCCC(C)O)cn2)cc1. The summed E-state index contributed by atoms with van der Waals surface area (Å²) in [5.74, 6) is 0.829. The first-order chi connectivity index (χ1) is 11.7. The molecule has 1 aromatic heterocycles. The fraction of sp³-hybridized carbons (Fsp3) is 0.286. The predicted octanol–water partition coefficient (Wildman–Crippen LogP) is 4.88. The van der Waals surface area contributed by atoms with Gasteiger partial charge in [0.25, 0.3) is 0 Å². The Hall–Kier alpha value is -2.39. The van der Waals surface area contributed by atoms with E-state index >= 15 is 0 Å². The van der Waals surface area contributed by atoms with Gasteiger partial charge in [-0.25, -0.2) is 0 Å². The standard InChI is InChI=1S/C21H25NO2/c1-3-15-24-20-12-10-19(11-13-20)21-14-9-18(16-22-21)8-6-4-5-7-17(2)23/h3,6,8-14,16-17,23H,1,4-5,7,15H2,2H3/b8-6+. The summed E-state index contributed by atoms with van der Waals surface area (Å²) < 4.78 is 5.48. The lowest BCUT2D eigenvalue weighted by atomic mass is 10.1. The van der Waals surface area contributed by atoms with Gasteiger partial charge in [-0.05, 0) is 62.1 Å². The maximum Gasteiger partial charge on any atom is 0.119 e. The smallest absolute Gasteiger partial charge is 0.119 e. The maximum absolute atomic E-state index is 9.22. The van der Waals surface area contributed by atoms with Crippen LogP contribution in [-0.4, -0.2) is 22.8 Å². The molecule has 0 saturated heterocycles. The van der Waals surface area contributed by atoms with Crippen LogP contribution in [0, 0.1) is 0 Å². The van der Waals surface area contributed by atoms with Gasteiger partial charge in [0.1, 0.15) is 12.4 Å². The van der Waals surface area contributed by atoms with Crippen molar-refractivity contribution in [1.29, 1.82) is 0 Å². The van der Waals surface area contributed by atoms with E-state index in [9.17, 15) is 5.11 Å². The molecule has 0 aliphatic rings. The van der Waals surface area contributed by atoms with E-state index in [0.717, 1.165) is 41.8 Å². The monoisotopic (exact) mass is 323 g/mol. The quantitative estimate of drug-likeness (QED) is 0.528. The number of nitrogens with zero attached hydrogens (tertiary/aromatic N) is 1. The number of aliphatic hydroxyl groups excluding tert-OH is 1. The second-order valence-corrected chi connectivity index (χ2v) is 5.78. The average Bonchev–Trinajstić information content (AvgIpc) is 2.60. The molecule has 0 bridgehead atoms. The van der Waals surface area contributed by atoms with Crippen LogP contribution in [0.1, 0.15) is 31.7 Å². The Morgan fingerprint density at radius 3 is 2.62 bits per heavy atom. The van der Waals surface area contributed by atoms with Gasteiger partial charge in [0.2, 0.25) is 0 Å². The van der Waals surface area contributed by atoms with E-state index in [-0.39, 0.29) is 6.10 Å². The predicted molar refractivity (Wildman–Crippen MR) is 99.9 cm³/mol. The number of allylic oxidation sites excluding steroid dienone is 1. The van der Waals surface area contributed by atoms with Crippen LogP contribution in [0.3, 0.4) is 0 Å². The highest BCUT2D eigenvalue weighted by molar-refractivity contribution is 5.61. The number of aliphatic hydroxyl groups is 1. The maximum atomic E-state index is 9.22. The summed E-state index contributed by atoms with van der Waals surface area (Å²) in [6, 6.07) is 12.0. The largest absolute Gasteiger partial charge is 0.490 e. The zero-order valence-corrected chi connectivity index (χ0v) is 14.2. The summed E-state index contributed by atoms with van der Waals surface area (Å²) in [4.78, 5) is 4.52. The Kier molecular flexibility index (Phi) is 7.24. The van der Waals surface area contributed by atoms with Crippen LogP contribution in [0.25, 0.3) is 17.3 Å². The van der Waals surface area contributed by atoms with Crippen molar-refractivity contribution < 1.29 is 9.84 Å². The second kappa shape index (κ2) is 9.68. The normalized spacial score (nSPS) is 12.2. The molecule has 1 heterocycles. The summed E-state index contributed by atoms with van der Waals surface area (Å²) in [7, 11) is 0. The molecule has 2 rings (SSSR count). The summed E-state index contributed by atoms with van der Waals surface area (Å²) in [5, 5.41) is 9.22. The van der Waals surface area contributed by atoms with Gasteiger partial charge >= 0.3 is 0 Å². The Morgan fingerprint density at radius 1 is 1.21 bits per heavy atom. The van der Waals surface area contributed by atoms with Gasteiger partial charge in [0.15, 0.2) is 0 Å². The molecule has 2 aromatic rings. The number of benzene rings is 1. The first kappa shape index (κ1) is 18.0. The molecule has 3 nitrogen and oxygen atoms in total. The van der Waals surface area contributed by atoms with Crippen LogP contribution in [0.4, 0.5) is 0 Å². The molecular weight excluding hydrogens is 298 g/mol. The van der Waals surface area contributed by atoms with Crippen molar-refractivity contribution in [1.82, 2.24) is 4.98 Å². The Bertz CT molecular complexity index is 643. The van der Waals surface area contributed by atoms with Crippen LogP contribution in [0.2, 0.25) is 0 Å². The third kappa shape index (κ3) is 6.01. The molecule has 1 atom stereocenters. The fourth-order valence-electron chi connectivity index (χ4n) is 2.30. The highest BCUT2D eigenvalue weighted by atomic mass is 16.5. The number of hydrogen-bond acceptors (Lipinski definition) is 3. The lowest BCUT2D eigenvalue weighted by Gasteiger charge is -2.05. The minimum atomic E-state index is -0.215. The third-order valence-corrected chi connectivity index (χ3v) is 3.61. The van der Waals surface area contributed by atoms with E-state index in [1.54, 1.807) is 6.08 Å². The molecule has 0 radical (unpaired) electrons. The van der Waals surface area contributed by atoms with Crippen molar-refractivity contribution >= 4 is 6.08 Å². The summed E-state index contributed by atoms with van der Waals surface area (Å²) >= 11 is 0. The highest BCUT2D eigenvalue weighted by Gasteiger charge is 2.00. The van der Waals surface area contributed by atoms with Crippen LogP contribution >= 0.6 is 0 Å². The lowest BCUT2D eigenvalue weighted by molar-refractivity contribution is 0.182. The van der Waals surface area contributed by atoms with Crippen molar-refractivity contribution in [3.05, 3.63) is 66.9 Å². The molecule has 0 aliphatic carbocycles. The molecular formula is C21H25NO2. The molecule has 0 amide bonds. The van der Waals surface area contributed by atoms with E-state index in [1.807, 2.05) is 43.5 Å². The van der Waals surface area contributed by atoms with E-state index < -0.39 is 0 Å². The minimum Gasteiger partial charge on any atom is -0.490 e. The van der Waals surface area contributed by atoms with E-state index in [2.05, 4.69) is 29.8 Å². The molecule has 0 aliphatic heterocycles. The molecule has 3 heteroatoms. The van der Waals surface area contributed by atoms with Gasteiger partial charge in [-0.2, -0.15) is 0 Å². The number of ether oxygens (including phenoxy) is 1. The molecule has 1 aromatic carbocycles. The van der Waals surface area contributed by atoms with Crippen molar-refractivity contribution in [2.75, 3.05) is 6.61 Å². The molecule has 126 valence electrons. The number of hydrogen-bond donors (Lipinski definition) is 1. The van der Waals surface area contributed by atoms with Crippen molar-refractivity contribution in [3.8, 4) is 17.0 Å². The Balaban J connectivity index is 1.91. The van der Waals surface area contributed by atoms with Gasteiger partial charge in [0.05, 0.1) is 11.8 Å². The van der Waals surface area contributed by atoms with Gasteiger partial charge in [-0.3, -0.25) is 4.98 Å². The molecule has 1 unspecified atom stereocenters. The Morgan fingerprint density at radius 2 is 2.00 bits per heavy atom. The van der Waals surface area contributed by atoms with Crippen molar-refractivity contribution in [2.45, 2.75) is 32.3 Å². The Labute approximate surface area is 144 Å². The van der Waals surface area contributed by atoms with Gasteiger partial charge in [-0.1, -0.05) is 30.9 Å². The van der Waals surface area contributed by atoms with Gasteiger partial charge in [-0.15, -0.1) is 0 Å². The average molecular weight is 323 g/mol. The summed E-state index contributed by atoms with van der Waals surface area (Å²) in [6.07, 6.45) is 10.4. The number of aromatic nitrogens is 1. The second-order valence-electron chi connectivity index (χ2n) is 5.78. The van der Waals surface area contributed by atoms with Crippen LogP contribution < -0.4 is 4.74 Å². The number of pyridine rings is 1. The summed E-state index contributed by atoms with van der Waals surface area (Å²) in [5.41, 5.74) is 3.09. The van der Waals surface area contributed by atoms with E-state index in [1.165, 1.54) is 0 Å². The molecule has 0 saturated carbocycles. The zero-order chi connectivity index (χ0) is 17.2. The minimum absolute atomic E-state index is 0.215. The first-order valence-electron chi connectivity index (χ1n) is 8.34. The molecule has 0 spiro atoms. The highest BCUT2D eigenvalue weighted by Crippen LogP contribution is 2.21. The number of unbranched alkanes of at least 4 members (excludes halogenated alkanes) is 1. The van der Waals surface area contributed by atoms with Crippen molar-refractivity contribution in [3.63, 3.8) is 0 Å². The van der Waals surface area contributed by atoms with E-state index in [4.69, 9.17) is 4.74 Å². The van der Waals surface area contributed by atoms with Gasteiger partial charge in [0, 0.05) is 11.8 Å². The lowest BCUT2D eigenvalue weighted by Crippen LogP contribution is -1.97. The van der Waals surface area contributed by atoms with Crippen LogP contribution in [0.15, 0.2) is 61.3 Å². The van der Waals surface area contributed by atoms with Crippen LogP contribution in [-0.2, 0) is 0 Å². The number of rotatable bonds is 9. The third-order valence-electron chi connectivity index (χ3n) is 3.61. The topological polar surface area (TPSA) is 42.4 Å². The first-order valence-corrected chi connectivity index (χ1v) is 8.34. The van der Waals surface area contributed by atoms with E-state index in [0.29, 0.717) is 6.61 Å². The fourth-order valence-corrected chi connectivity index (χ4v) is 2.30. The molecule has 24 heavy (non-hydrogen) atoms. The molecule has 1 N–H and O–H groups in total. The van der Waals surface area contributed by atoms with Gasteiger partial charge < -0.3 is 9.84 Å².